The van der Waals surface area contributed by atoms with Gasteiger partial charge >= 0.3 is 0 Å². The second-order valence-electron chi connectivity index (χ2n) is 5.56. The van der Waals surface area contributed by atoms with Gasteiger partial charge in [-0.25, -0.2) is 0 Å². The van der Waals surface area contributed by atoms with E-state index < -0.39 is 11.6 Å². The molecule has 0 atom stereocenters. The predicted molar refractivity (Wildman–Crippen MR) is 92.4 cm³/mol. The number of hydrogen-bond acceptors (Lipinski definition) is 5. The molecule has 5 heteroatoms. The number of carbonyl (C=O) groups excluding carboxylic acids is 2. The fourth-order valence-electron chi connectivity index (χ4n) is 3.15. The zero-order valence-corrected chi connectivity index (χ0v) is 13.5. The lowest BCUT2D eigenvalue weighted by Crippen LogP contribution is -2.21. The Hall–Kier alpha value is -2.79. The van der Waals surface area contributed by atoms with E-state index in [1.807, 2.05) is 6.26 Å². The Balaban J connectivity index is 2.14. The van der Waals surface area contributed by atoms with Gasteiger partial charge in [-0.2, -0.15) is 0 Å². The number of benzene rings is 3. The van der Waals surface area contributed by atoms with Gasteiger partial charge < -0.3 is 10.2 Å². The Morgan fingerprint density at radius 1 is 0.792 bits per heavy atom. The van der Waals surface area contributed by atoms with Crippen molar-refractivity contribution in [3.8, 4) is 11.5 Å². The van der Waals surface area contributed by atoms with Crippen molar-refractivity contribution in [2.75, 3.05) is 6.26 Å². The number of phenols is 2. The molecule has 24 heavy (non-hydrogen) atoms. The van der Waals surface area contributed by atoms with Crippen LogP contribution in [0.4, 0.5) is 0 Å². The molecule has 0 saturated heterocycles. The van der Waals surface area contributed by atoms with E-state index in [-0.39, 0.29) is 33.8 Å². The molecule has 0 unspecified atom stereocenters. The van der Waals surface area contributed by atoms with Crippen LogP contribution in [-0.4, -0.2) is 28.0 Å². The first-order chi connectivity index (χ1) is 11.5. The van der Waals surface area contributed by atoms with Gasteiger partial charge in [0.1, 0.15) is 11.5 Å². The highest BCUT2D eigenvalue weighted by molar-refractivity contribution is 7.98. The van der Waals surface area contributed by atoms with E-state index in [2.05, 4.69) is 0 Å². The monoisotopic (exact) mass is 336 g/mol. The molecule has 0 fully saturated rings. The minimum absolute atomic E-state index is 0.123. The Bertz CT molecular complexity index is 1050. The molecule has 0 saturated carbocycles. The summed E-state index contributed by atoms with van der Waals surface area (Å²) in [5, 5.41) is 22.0. The van der Waals surface area contributed by atoms with Crippen LogP contribution < -0.4 is 0 Å². The zero-order valence-electron chi connectivity index (χ0n) is 12.7. The molecular formula is C19H12O4S. The molecule has 1 aliphatic carbocycles. The minimum Gasteiger partial charge on any atom is -0.506 e. The molecule has 1 aliphatic rings. The molecular weight excluding hydrogens is 324 g/mol. The highest BCUT2D eigenvalue weighted by Crippen LogP contribution is 2.44. The first-order valence-corrected chi connectivity index (χ1v) is 8.51. The van der Waals surface area contributed by atoms with Crippen LogP contribution in [0, 0.1) is 0 Å². The Morgan fingerprint density at radius 2 is 1.33 bits per heavy atom. The van der Waals surface area contributed by atoms with Crippen molar-refractivity contribution in [3.63, 3.8) is 0 Å². The number of ketones is 2. The van der Waals surface area contributed by atoms with Crippen molar-refractivity contribution in [2.45, 2.75) is 4.90 Å². The molecule has 3 aromatic rings. The predicted octanol–water partition coefficient (Wildman–Crippen LogP) is 3.75. The first-order valence-electron chi connectivity index (χ1n) is 7.28. The van der Waals surface area contributed by atoms with Gasteiger partial charge in [-0.05, 0) is 24.5 Å². The molecule has 0 aromatic heterocycles. The number of aromatic hydroxyl groups is 2. The zero-order chi connectivity index (χ0) is 17.0. The summed E-state index contributed by atoms with van der Waals surface area (Å²) in [6.07, 6.45) is 1.89. The van der Waals surface area contributed by atoms with Crippen molar-refractivity contribution in [1.82, 2.24) is 0 Å². The first kappa shape index (κ1) is 14.8. The molecule has 0 heterocycles. The lowest BCUT2D eigenvalue weighted by molar-refractivity contribution is 0.0974. The number of hydrogen-bond donors (Lipinski definition) is 2. The quantitative estimate of drug-likeness (QED) is 0.409. The Labute approximate surface area is 141 Å². The van der Waals surface area contributed by atoms with Crippen LogP contribution in [0.3, 0.4) is 0 Å². The van der Waals surface area contributed by atoms with E-state index in [4.69, 9.17) is 0 Å². The third-order valence-corrected chi connectivity index (χ3v) is 5.06. The molecule has 0 amide bonds. The van der Waals surface area contributed by atoms with Crippen molar-refractivity contribution in [1.29, 1.82) is 0 Å². The van der Waals surface area contributed by atoms with E-state index in [0.717, 1.165) is 4.90 Å². The van der Waals surface area contributed by atoms with Gasteiger partial charge in [-0.15, -0.1) is 11.8 Å². The number of carbonyl (C=O) groups is 2. The van der Waals surface area contributed by atoms with Crippen molar-refractivity contribution < 1.29 is 19.8 Å². The minimum atomic E-state index is -0.455. The average Bonchev–Trinajstić information content (AvgIpc) is 2.62. The van der Waals surface area contributed by atoms with Crippen molar-refractivity contribution >= 4 is 34.1 Å². The Morgan fingerprint density at radius 3 is 1.88 bits per heavy atom. The van der Waals surface area contributed by atoms with Crippen LogP contribution >= 0.6 is 11.8 Å². The topological polar surface area (TPSA) is 74.6 Å². The van der Waals surface area contributed by atoms with E-state index in [9.17, 15) is 19.8 Å². The molecule has 4 rings (SSSR count). The summed E-state index contributed by atoms with van der Waals surface area (Å²) in [6.45, 7) is 0. The second kappa shape index (κ2) is 5.11. The molecule has 0 radical (unpaired) electrons. The van der Waals surface area contributed by atoms with Gasteiger partial charge in [0, 0.05) is 26.8 Å². The summed E-state index contributed by atoms with van der Waals surface area (Å²) >= 11 is 1.48. The standard InChI is InChI=1S/C19H12O4S/c1-24-9-6-7-12-13(8-9)19(23)15-14(18(12)22)16(20)10-4-2-3-5-11(10)17(15)21/h2-8,22-23H,1H3. The maximum Gasteiger partial charge on any atom is 0.198 e. The highest BCUT2D eigenvalue weighted by atomic mass is 32.2. The summed E-state index contributed by atoms with van der Waals surface area (Å²) in [6, 6.07) is 11.6. The van der Waals surface area contributed by atoms with Crippen LogP contribution in [-0.2, 0) is 0 Å². The van der Waals surface area contributed by atoms with Gasteiger partial charge in [-0.1, -0.05) is 24.3 Å². The summed E-state index contributed by atoms with van der Waals surface area (Å²) in [4.78, 5) is 26.4. The van der Waals surface area contributed by atoms with Crippen molar-refractivity contribution in [3.05, 3.63) is 64.7 Å². The maximum atomic E-state index is 12.8. The van der Waals surface area contributed by atoms with Crippen LogP contribution in [0.1, 0.15) is 31.8 Å². The second-order valence-corrected chi connectivity index (χ2v) is 6.44. The highest BCUT2D eigenvalue weighted by Gasteiger charge is 2.35. The molecule has 3 aromatic carbocycles. The van der Waals surface area contributed by atoms with Gasteiger partial charge in [0.2, 0.25) is 0 Å². The molecule has 4 nitrogen and oxygen atoms in total. The smallest absolute Gasteiger partial charge is 0.198 e. The van der Waals surface area contributed by atoms with Crippen LogP contribution in [0.15, 0.2) is 47.4 Å². The lowest BCUT2D eigenvalue weighted by atomic mass is 9.81. The van der Waals surface area contributed by atoms with Gasteiger partial charge in [-0.3, -0.25) is 9.59 Å². The van der Waals surface area contributed by atoms with Gasteiger partial charge in [0.05, 0.1) is 11.1 Å². The Kier molecular flexibility index (Phi) is 3.15. The number of thioether (sulfide) groups is 1. The van der Waals surface area contributed by atoms with Crippen LogP contribution in [0.25, 0.3) is 10.8 Å². The number of phenolic OH excluding ortho intramolecular Hbond substituents is 2. The third kappa shape index (κ3) is 1.82. The number of fused-ring (bicyclic) bond motifs is 3. The fraction of sp³-hybridized carbons (Fsp3) is 0.0526. The largest absolute Gasteiger partial charge is 0.506 e. The van der Waals surface area contributed by atoms with E-state index in [0.29, 0.717) is 10.8 Å². The lowest BCUT2D eigenvalue weighted by Gasteiger charge is -2.21. The summed E-state index contributed by atoms with van der Waals surface area (Å²) in [5.41, 5.74) is 0.234. The van der Waals surface area contributed by atoms with Crippen LogP contribution in [0.2, 0.25) is 0 Å². The van der Waals surface area contributed by atoms with Gasteiger partial charge in [0.25, 0.3) is 0 Å². The molecule has 2 N–H and O–H groups in total. The molecule has 0 spiro atoms. The summed E-state index contributed by atoms with van der Waals surface area (Å²) < 4.78 is 0. The summed E-state index contributed by atoms with van der Waals surface area (Å²) in [5.74, 6) is -1.44. The van der Waals surface area contributed by atoms with E-state index in [1.54, 1.807) is 42.5 Å². The SMILES string of the molecule is CSc1ccc2c(O)c3c(c(O)c2c1)C(=O)c1ccccc1C3=O. The average molecular weight is 336 g/mol. The van der Waals surface area contributed by atoms with Crippen molar-refractivity contribution in [2.24, 2.45) is 0 Å². The fourth-order valence-corrected chi connectivity index (χ4v) is 3.59. The molecule has 118 valence electrons. The number of rotatable bonds is 1. The normalized spacial score (nSPS) is 13.0. The van der Waals surface area contributed by atoms with E-state index in [1.165, 1.54) is 11.8 Å². The van der Waals surface area contributed by atoms with Crippen LogP contribution in [0.5, 0.6) is 11.5 Å². The summed E-state index contributed by atoms with van der Waals surface area (Å²) in [7, 11) is 0. The van der Waals surface area contributed by atoms with E-state index >= 15 is 0 Å². The van der Waals surface area contributed by atoms with Gasteiger partial charge in [0.15, 0.2) is 11.6 Å². The third-order valence-electron chi connectivity index (χ3n) is 4.33. The molecule has 0 bridgehead atoms. The molecule has 0 aliphatic heterocycles. The maximum absolute atomic E-state index is 12.8.